The smallest absolute Gasteiger partial charge is 0.322 e. The van der Waals surface area contributed by atoms with Crippen LogP contribution in [0.4, 0.5) is 10.5 Å². The molecule has 2 aromatic carbocycles. The predicted octanol–water partition coefficient (Wildman–Crippen LogP) is 5.42. The van der Waals surface area contributed by atoms with Crippen LogP contribution in [0.1, 0.15) is 34.8 Å². The Morgan fingerprint density at radius 1 is 1.00 bits per heavy atom. The fraction of sp³-hybridized carbons (Fsp3) is 0.312. The first kappa shape index (κ1) is 29.5. The zero-order valence-electron chi connectivity index (χ0n) is 23.6. The number of benzene rings is 2. The maximum absolute atomic E-state index is 13.8. The van der Waals surface area contributed by atoms with E-state index in [2.05, 4.69) is 76.6 Å². The lowest BCUT2D eigenvalue weighted by Crippen LogP contribution is -2.62. The molecule has 2 aliphatic rings. The number of fused-ring (bicyclic) bond motifs is 2. The summed E-state index contributed by atoms with van der Waals surface area (Å²) in [5.41, 5.74) is 5.32. The molecule has 0 spiro atoms. The molecule has 11 heteroatoms. The van der Waals surface area contributed by atoms with Gasteiger partial charge < -0.3 is 20.1 Å². The number of imidazole rings is 1. The van der Waals surface area contributed by atoms with Gasteiger partial charge in [0.2, 0.25) is 5.91 Å². The molecule has 0 saturated carbocycles. The van der Waals surface area contributed by atoms with Crippen molar-refractivity contribution in [3.8, 4) is 0 Å². The van der Waals surface area contributed by atoms with Crippen molar-refractivity contribution in [2.75, 3.05) is 31.5 Å². The second-order valence-electron chi connectivity index (χ2n) is 10.9. The van der Waals surface area contributed by atoms with Crippen LogP contribution in [0, 0.1) is 0 Å². The molecule has 3 amide bonds. The third kappa shape index (κ3) is 6.68. The third-order valence-electron chi connectivity index (χ3n) is 8.12. The first-order chi connectivity index (χ1) is 21.0. The standard InChI is InChI=1S/C32H33Br2N7O2/c33-24-18-23-11-10-22-6-4-9-26(34)28(22)30(29(23)37-19-24)40-16-17-41(32(43)38-25-7-2-1-3-8-25)27(20-40)31(42)36-12-5-14-39-15-13-35-21-39/h1-4,6-9,13,15,18-19,21,27,30H,5,10-12,14,16-17,20H2,(H,36,42)(H,38,43)/t27-,30?/m1/s1. The molecule has 1 aliphatic carbocycles. The SMILES string of the molecule is O=C(NCCCn1ccnc1)[C@H]1CN(C2c3ncc(Br)cc3CCc3cccc(Br)c32)CCN1C(=O)Nc1ccccc1. The zero-order chi connectivity index (χ0) is 29.8. The molecular formula is C32H33Br2N7O2. The van der Waals surface area contributed by atoms with Crippen molar-refractivity contribution in [3.05, 3.63) is 111 Å². The van der Waals surface area contributed by atoms with Gasteiger partial charge in [-0.25, -0.2) is 9.78 Å². The van der Waals surface area contributed by atoms with E-state index in [1.807, 2.05) is 47.3 Å². The summed E-state index contributed by atoms with van der Waals surface area (Å²) in [5, 5.41) is 6.09. The van der Waals surface area contributed by atoms with Gasteiger partial charge in [0, 0.05) is 65.9 Å². The summed E-state index contributed by atoms with van der Waals surface area (Å²) in [6.07, 6.45) is 9.80. The fourth-order valence-electron chi connectivity index (χ4n) is 6.04. The summed E-state index contributed by atoms with van der Waals surface area (Å²) in [6.45, 7) is 2.61. The molecular weight excluding hydrogens is 674 g/mol. The van der Waals surface area contributed by atoms with Crippen molar-refractivity contribution in [2.24, 2.45) is 0 Å². The maximum Gasteiger partial charge on any atom is 0.322 e. The maximum atomic E-state index is 13.8. The zero-order valence-corrected chi connectivity index (χ0v) is 26.8. The van der Waals surface area contributed by atoms with Crippen molar-refractivity contribution in [3.63, 3.8) is 0 Å². The van der Waals surface area contributed by atoms with E-state index in [4.69, 9.17) is 4.98 Å². The number of pyridine rings is 1. The molecule has 0 radical (unpaired) electrons. The number of urea groups is 1. The average molecular weight is 707 g/mol. The van der Waals surface area contributed by atoms with Crippen molar-refractivity contribution < 1.29 is 9.59 Å². The van der Waals surface area contributed by atoms with Gasteiger partial charge >= 0.3 is 6.03 Å². The van der Waals surface area contributed by atoms with Crippen LogP contribution in [-0.4, -0.2) is 68.5 Å². The summed E-state index contributed by atoms with van der Waals surface area (Å²) in [4.78, 5) is 40.4. The minimum atomic E-state index is -0.682. The van der Waals surface area contributed by atoms with Gasteiger partial charge in [-0.15, -0.1) is 0 Å². The van der Waals surface area contributed by atoms with E-state index >= 15 is 0 Å². The number of piperazine rings is 1. The molecule has 2 atom stereocenters. The number of halogens is 2. The first-order valence-electron chi connectivity index (χ1n) is 14.5. The number of hydrogen-bond donors (Lipinski definition) is 2. The van der Waals surface area contributed by atoms with E-state index in [1.54, 1.807) is 17.4 Å². The Morgan fingerprint density at radius 3 is 2.65 bits per heavy atom. The minimum Gasteiger partial charge on any atom is -0.354 e. The van der Waals surface area contributed by atoms with Crippen molar-refractivity contribution in [1.29, 1.82) is 0 Å². The summed E-state index contributed by atoms with van der Waals surface area (Å²) in [7, 11) is 0. The number of amides is 3. The highest BCUT2D eigenvalue weighted by molar-refractivity contribution is 9.10. The highest BCUT2D eigenvalue weighted by Gasteiger charge is 2.41. The van der Waals surface area contributed by atoms with Gasteiger partial charge in [-0.1, -0.05) is 46.3 Å². The van der Waals surface area contributed by atoms with E-state index in [0.29, 0.717) is 31.9 Å². The van der Waals surface area contributed by atoms with Crippen molar-refractivity contribution in [2.45, 2.75) is 37.9 Å². The van der Waals surface area contributed by atoms with Crippen LogP contribution in [0.2, 0.25) is 0 Å². The summed E-state index contributed by atoms with van der Waals surface area (Å²) >= 11 is 7.45. The lowest BCUT2D eigenvalue weighted by atomic mass is 9.95. The van der Waals surface area contributed by atoms with E-state index in [0.717, 1.165) is 40.4 Å². The number of nitrogens with zero attached hydrogens (tertiary/aromatic N) is 5. The van der Waals surface area contributed by atoms with Crippen LogP contribution in [0.15, 0.2) is 88.5 Å². The lowest BCUT2D eigenvalue weighted by Gasteiger charge is -2.44. The monoisotopic (exact) mass is 705 g/mol. The first-order valence-corrected chi connectivity index (χ1v) is 16.1. The summed E-state index contributed by atoms with van der Waals surface area (Å²) < 4.78 is 3.96. The van der Waals surface area contributed by atoms with Crippen LogP contribution in [0.25, 0.3) is 0 Å². The number of aromatic nitrogens is 3. The quantitative estimate of drug-likeness (QED) is 0.251. The Bertz CT molecular complexity index is 1580. The van der Waals surface area contributed by atoms with E-state index in [9.17, 15) is 9.59 Å². The predicted molar refractivity (Wildman–Crippen MR) is 173 cm³/mol. The van der Waals surface area contributed by atoms with Gasteiger partial charge in [-0.2, -0.15) is 0 Å². The second kappa shape index (κ2) is 13.4. The molecule has 1 fully saturated rings. The number of hydrogen-bond acceptors (Lipinski definition) is 5. The summed E-state index contributed by atoms with van der Waals surface area (Å²) in [5.74, 6) is -0.163. The molecule has 2 N–H and O–H groups in total. The fourth-order valence-corrected chi connectivity index (χ4v) is 7.04. The molecule has 0 bridgehead atoms. The number of para-hydroxylation sites is 1. The molecule has 6 rings (SSSR count). The van der Waals surface area contributed by atoms with Gasteiger partial charge in [0.1, 0.15) is 6.04 Å². The van der Waals surface area contributed by atoms with E-state index in [-0.39, 0.29) is 18.0 Å². The molecule has 3 heterocycles. The average Bonchev–Trinajstić information content (AvgIpc) is 3.48. The highest BCUT2D eigenvalue weighted by Crippen LogP contribution is 2.41. The van der Waals surface area contributed by atoms with Crippen molar-refractivity contribution >= 4 is 49.5 Å². The number of carbonyl (C=O) groups is 2. The molecule has 222 valence electrons. The van der Waals surface area contributed by atoms with Gasteiger partial charge in [0.05, 0.1) is 18.1 Å². The third-order valence-corrected chi connectivity index (χ3v) is 9.25. The summed E-state index contributed by atoms with van der Waals surface area (Å²) in [6, 6.07) is 16.7. The molecule has 43 heavy (non-hydrogen) atoms. The number of carbonyl (C=O) groups excluding carboxylic acids is 2. The highest BCUT2D eigenvalue weighted by atomic mass is 79.9. The topological polar surface area (TPSA) is 95.4 Å². The van der Waals surface area contributed by atoms with Gasteiger partial charge in [-0.3, -0.25) is 14.7 Å². The Morgan fingerprint density at radius 2 is 1.84 bits per heavy atom. The van der Waals surface area contributed by atoms with Crippen LogP contribution < -0.4 is 10.6 Å². The Kier molecular flexibility index (Phi) is 9.20. The Balaban J connectivity index is 1.28. The largest absolute Gasteiger partial charge is 0.354 e. The number of rotatable bonds is 7. The van der Waals surface area contributed by atoms with E-state index < -0.39 is 6.04 Å². The van der Waals surface area contributed by atoms with Crippen LogP contribution >= 0.6 is 31.9 Å². The number of nitrogens with one attached hydrogen (secondary N) is 2. The number of aryl methyl sites for hydroxylation is 3. The van der Waals surface area contributed by atoms with Crippen molar-refractivity contribution in [1.82, 2.24) is 29.7 Å². The van der Waals surface area contributed by atoms with Crippen LogP contribution in [0.3, 0.4) is 0 Å². The van der Waals surface area contributed by atoms with Crippen LogP contribution in [0.5, 0.6) is 0 Å². The van der Waals surface area contributed by atoms with Gasteiger partial charge in [-0.05, 0) is 76.1 Å². The molecule has 9 nitrogen and oxygen atoms in total. The second-order valence-corrected chi connectivity index (χ2v) is 12.6. The lowest BCUT2D eigenvalue weighted by molar-refractivity contribution is -0.127. The Labute approximate surface area is 268 Å². The van der Waals surface area contributed by atoms with Crippen LogP contribution in [-0.2, 0) is 24.2 Å². The van der Waals surface area contributed by atoms with E-state index in [1.165, 1.54) is 16.7 Å². The Hall–Kier alpha value is -3.54. The number of anilines is 1. The van der Waals surface area contributed by atoms with Gasteiger partial charge in [0.25, 0.3) is 0 Å². The molecule has 2 aromatic heterocycles. The molecule has 1 unspecified atom stereocenters. The minimum absolute atomic E-state index is 0.160. The molecule has 1 saturated heterocycles. The molecule has 1 aliphatic heterocycles. The normalized spacial score (nSPS) is 18.3. The van der Waals surface area contributed by atoms with Gasteiger partial charge in [0.15, 0.2) is 0 Å². The molecule has 4 aromatic rings.